The maximum Gasteiger partial charge on any atom is 0.280 e. The Balaban J connectivity index is 1.56. The van der Waals surface area contributed by atoms with Crippen LogP contribution in [0.3, 0.4) is 0 Å². The van der Waals surface area contributed by atoms with Crippen LogP contribution in [0.5, 0.6) is 11.5 Å². The Morgan fingerprint density at radius 3 is 2.85 bits per heavy atom. The molecule has 1 aromatic heterocycles. The van der Waals surface area contributed by atoms with Crippen molar-refractivity contribution in [1.82, 2.24) is 5.32 Å². The molecule has 140 valence electrons. The zero-order valence-electron chi connectivity index (χ0n) is 14.5. The molecule has 27 heavy (non-hydrogen) atoms. The smallest absolute Gasteiger partial charge is 0.280 e. The Bertz CT molecular complexity index is 988. The minimum absolute atomic E-state index is 0.0258. The second-order valence-corrected chi connectivity index (χ2v) is 8.02. The lowest BCUT2D eigenvalue weighted by molar-refractivity contribution is -0.895. The summed E-state index contributed by atoms with van der Waals surface area (Å²) in [5, 5.41) is 18.5. The van der Waals surface area contributed by atoms with Crippen LogP contribution in [-0.2, 0) is 13.0 Å². The van der Waals surface area contributed by atoms with Crippen molar-refractivity contribution < 1.29 is 24.1 Å². The summed E-state index contributed by atoms with van der Waals surface area (Å²) in [7, 11) is 2.13. The van der Waals surface area contributed by atoms with E-state index in [9.17, 15) is 14.9 Å². The molecule has 3 aliphatic heterocycles. The van der Waals surface area contributed by atoms with E-state index in [0.717, 1.165) is 30.1 Å². The zero-order chi connectivity index (χ0) is 18.7. The molecule has 3 aliphatic rings. The molecule has 2 atom stereocenters. The topological polar surface area (TPSA) is 107 Å². The third-order valence-corrected chi connectivity index (χ3v) is 6.33. The maximum absolute atomic E-state index is 12.8. The second kappa shape index (κ2) is 5.83. The SMILES string of the molecule is C[NH+]1CCc2c(sc3c2C(=O)N[C@@H](c2cc4c(cc2[N+](=O)[O-])OCO4)N3)C1. The van der Waals surface area contributed by atoms with Crippen molar-refractivity contribution in [2.45, 2.75) is 19.1 Å². The number of benzene rings is 1. The fourth-order valence-corrected chi connectivity index (χ4v) is 5.21. The number of ether oxygens (including phenoxy) is 2. The van der Waals surface area contributed by atoms with Crippen LogP contribution in [0.1, 0.15) is 32.5 Å². The molecule has 10 heteroatoms. The van der Waals surface area contributed by atoms with Crippen molar-refractivity contribution in [3.63, 3.8) is 0 Å². The molecule has 1 amide bonds. The van der Waals surface area contributed by atoms with Crippen molar-refractivity contribution in [3.8, 4) is 11.5 Å². The van der Waals surface area contributed by atoms with Gasteiger partial charge in [-0.05, 0) is 11.6 Å². The Morgan fingerprint density at radius 2 is 2.07 bits per heavy atom. The van der Waals surface area contributed by atoms with Crippen LogP contribution in [0.25, 0.3) is 0 Å². The average Bonchev–Trinajstić information content (AvgIpc) is 3.23. The van der Waals surface area contributed by atoms with Gasteiger partial charge in [0.05, 0.1) is 40.6 Å². The van der Waals surface area contributed by atoms with Gasteiger partial charge >= 0.3 is 0 Å². The van der Waals surface area contributed by atoms with Crippen molar-refractivity contribution >= 4 is 27.9 Å². The van der Waals surface area contributed by atoms with Crippen LogP contribution in [0.4, 0.5) is 10.7 Å². The number of rotatable bonds is 2. The van der Waals surface area contributed by atoms with Gasteiger partial charge < -0.3 is 25.0 Å². The van der Waals surface area contributed by atoms with Crippen molar-refractivity contribution in [3.05, 3.63) is 43.8 Å². The first-order chi connectivity index (χ1) is 13.0. The number of quaternary nitrogens is 1. The highest BCUT2D eigenvalue weighted by atomic mass is 32.1. The summed E-state index contributed by atoms with van der Waals surface area (Å²) in [6.07, 6.45) is 0.154. The summed E-state index contributed by atoms with van der Waals surface area (Å²) >= 11 is 1.56. The summed E-state index contributed by atoms with van der Waals surface area (Å²) < 4.78 is 10.6. The third-order valence-electron chi connectivity index (χ3n) is 5.16. The number of thiophene rings is 1. The van der Waals surface area contributed by atoms with Gasteiger partial charge in [-0.3, -0.25) is 14.9 Å². The normalized spacial score (nSPS) is 22.5. The molecule has 0 saturated heterocycles. The molecule has 0 aliphatic carbocycles. The number of hydrogen-bond acceptors (Lipinski definition) is 7. The number of likely N-dealkylation sites (N-methyl/N-ethyl adjacent to an activating group) is 1. The Kier molecular flexibility index (Phi) is 3.52. The number of hydrogen-bond donors (Lipinski definition) is 3. The molecule has 4 heterocycles. The minimum atomic E-state index is -0.704. The first-order valence-corrected chi connectivity index (χ1v) is 9.44. The van der Waals surface area contributed by atoms with E-state index in [-0.39, 0.29) is 18.4 Å². The molecule has 0 spiro atoms. The van der Waals surface area contributed by atoms with Gasteiger partial charge in [-0.15, -0.1) is 11.3 Å². The lowest BCUT2D eigenvalue weighted by Gasteiger charge is -2.27. The first kappa shape index (κ1) is 16.3. The Morgan fingerprint density at radius 1 is 1.30 bits per heavy atom. The minimum Gasteiger partial charge on any atom is -0.454 e. The molecule has 3 N–H and O–H groups in total. The van der Waals surface area contributed by atoms with E-state index in [4.69, 9.17) is 9.47 Å². The van der Waals surface area contributed by atoms with Crippen LogP contribution >= 0.6 is 11.3 Å². The van der Waals surface area contributed by atoms with Gasteiger partial charge in [-0.1, -0.05) is 0 Å². The molecule has 1 aromatic carbocycles. The van der Waals surface area contributed by atoms with E-state index >= 15 is 0 Å². The number of nitrogens with one attached hydrogen (secondary N) is 3. The van der Waals surface area contributed by atoms with Crippen molar-refractivity contribution in [2.75, 3.05) is 25.7 Å². The molecule has 9 nitrogen and oxygen atoms in total. The quantitative estimate of drug-likeness (QED) is 0.518. The predicted octanol–water partition coefficient (Wildman–Crippen LogP) is 0.810. The number of amides is 1. The van der Waals surface area contributed by atoms with Crippen LogP contribution in [-0.4, -0.2) is 31.2 Å². The molecule has 2 aromatic rings. The lowest BCUT2D eigenvalue weighted by Crippen LogP contribution is -3.08. The van der Waals surface area contributed by atoms with Gasteiger partial charge in [0.2, 0.25) is 6.79 Å². The molecular formula is C17H17N4O5S+. The van der Waals surface area contributed by atoms with E-state index in [0.29, 0.717) is 22.6 Å². The van der Waals surface area contributed by atoms with Gasteiger partial charge in [-0.2, -0.15) is 0 Å². The number of carbonyl (C=O) groups excluding carboxylic acids is 1. The van der Waals surface area contributed by atoms with Gasteiger partial charge in [0.1, 0.15) is 17.7 Å². The molecule has 5 rings (SSSR count). The predicted molar refractivity (Wildman–Crippen MR) is 96.5 cm³/mol. The number of fused-ring (bicyclic) bond motifs is 4. The molecular weight excluding hydrogens is 372 g/mol. The van der Waals surface area contributed by atoms with Crippen molar-refractivity contribution in [1.29, 1.82) is 0 Å². The van der Waals surface area contributed by atoms with Gasteiger partial charge in [0.15, 0.2) is 11.5 Å². The summed E-state index contributed by atoms with van der Waals surface area (Å²) in [6.45, 7) is 1.90. The fraction of sp³-hybridized carbons (Fsp3) is 0.353. The fourth-order valence-electron chi connectivity index (χ4n) is 3.82. The second-order valence-electron chi connectivity index (χ2n) is 6.91. The van der Waals surface area contributed by atoms with Gasteiger partial charge in [-0.25, -0.2) is 0 Å². The van der Waals surface area contributed by atoms with Gasteiger partial charge in [0.25, 0.3) is 11.6 Å². The third kappa shape index (κ3) is 2.52. The van der Waals surface area contributed by atoms with E-state index in [1.54, 1.807) is 17.4 Å². The molecule has 0 fully saturated rings. The number of nitro benzene ring substituents is 1. The summed E-state index contributed by atoms with van der Waals surface area (Å²) in [5.41, 5.74) is 2.01. The highest BCUT2D eigenvalue weighted by Crippen LogP contribution is 2.43. The van der Waals surface area contributed by atoms with E-state index in [1.807, 2.05) is 0 Å². The summed E-state index contributed by atoms with van der Waals surface area (Å²) in [4.78, 5) is 26.5. The average molecular weight is 389 g/mol. The van der Waals surface area contributed by atoms with Crippen LogP contribution < -0.4 is 25.0 Å². The zero-order valence-corrected chi connectivity index (χ0v) is 15.3. The summed E-state index contributed by atoms with van der Waals surface area (Å²) in [6, 6.07) is 2.91. The molecule has 1 unspecified atom stereocenters. The van der Waals surface area contributed by atoms with Crippen LogP contribution in [0, 0.1) is 10.1 Å². The molecule has 0 bridgehead atoms. The van der Waals surface area contributed by atoms with Crippen molar-refractivity contribution in [2.24, 2.45) is 0 Å². The van der Waals surface area contributed by atoms with E-state index in [2.05, 4.69) is 17.7 Å². The Labute approximate surface area is 158 Å². The number of anilines is 1. The number of nitro groups is 1. The van der Waals surface area contributed by atoms with Crippen LogP contribution in [0.15, 0.2) is 12.1 Å². The number of nitrogens with zero attached hydrogens (tertiary/aromatic N) is 1. The van der Waals surface area contributed by atoms with E-state index < -0.39 is 11.1 Å². The van der Waals surface area contributed by atoms with Gasteiger partial charge in [0, 0.05) is 6.42 Å². The molecule has 0 radical (unpaired) electrons. The first-order valence-electron chi connectivity index (χ1n) is 8.62. The standard InChI is InChI=1S/C17H16N4O5S/c1-20-3-2-8-13(6-20)27-17-14(8)16(22)18-15(19-17)9-4-11-12(26-7-25-11)5-10(9)21(23)24/h4-5,15,19H,2-3,6-7H2,1H3,(H,18,22)/p+1/t15-/m1/s1. The van der Waals surface area contributed by atoms with E-state index in [1.165, 1.54) is 15.8 Å². The lowest BCUT2D eigenvalue weighted by atomic mass is 10.00. The largest absolute Gasteiger partial charge is 0.454 e. The molecule has 0 saturated carbocycles. The monoisotopic (exact) mass is 389 g/mol. The van der Waals surface area contributed by atoms with Crippen LogP contribution in [0.2, 0.25) is 0 Å². The Hall–Kier alpha value is -2.85. The highest BCUT2D eigenvalue weighted by molar-refractivity contribution is 7.16. The highest BCUT2D eigenvalue weighted by Gasteiger charge is 2.37. The maximum atomic E-state index is 12.8. The summed E-state index contributed by atoms with van der Waals surface area (Å²) in [5.74, 6) is 0.580. The number of carbonyl (C=O) groups is 1.